The van der Waals surface area contributed by atoms with Gasteiger partial charge in [-0.3, -0.25) is 15.1 Å². The molecule has 2 aromatic carbocycles. The van der Waals surface area contributed by atoms with Crippen LogP contribution in [0.1, 0.15) is 6.92 Å². The Balaban J connectivity index is 1.76. The topological polar surface area (TPSA) is 80.1 Å². The number of para-hydroxylation sites is 1. The first kappa shape index (κ1) is 15.7. The van der Waals surface area contributed by atoms with E-state index < -0.39 is 0 Å². The predicted octanol–water partition coefficient (Wildman–Crippen LogP) is 4.06. The van der Waals surface area contributed by atoms with Crippen LogP contribution in [0.15, 0.2) is 60.9 Å². The maximum absolute atomic E-state index is 11.1. The highest BCUT2D eigenvalue weighted by Crippen LogP contribution is 2.30. The Bertz CT molecular complexity index is 852. The van der Waals surface area contributed by atoms with Gasteiger partial charge in [0.15, 0.2) is 0 Å². The lowest BCUT2D eigenvalue weighted by molar-refractivity contribution is -0.383. The molecule has 0 fully saturated rings. The fourth-order valence-corrected chi connectivity index (χ4v) is 2.62. The van der Waals surface area contributed by atoms with Crippen molar-refractivity contribution in [2.24, 2.45) is 0 Å². The van der Waals surface area contributed by atoms with E-state index in [1.54, 1.807) is 18.3 Å². The molecule has 1 unspecified atom stereocenters. The lowest BCUT2D eigenvalue weighted by Crippen LogP contribution is -2.24. The Morgan fingerprint density at radius 1 is 1.12 bits per heavy atom. The third-order valence-corrected chi connectivity index (χ3v) is 3.78. The van der Waals surface area contributed by atoms with Gasteiger partial charge in [-0.25, -0.2) is 0 Å². The highest BCUT2D eigenvalue weighted by atomic mass is 16.6. The zero-order chi connectivity index (χ0) is 16.9. The average Bonchev–Trinajstić information content (AvgIpc) is 2.60. The van der Waals surface area contributed by atoms with E-state index in [0.29, 0.717) is 11.9 Å². The molecule has 1 atom stereocenters. The van der Waals surface area contributed by atoms with Gasteiger partial charge in [0.2, 0.25) is 0 Å². The number of non-ortho nitro benzene ring substituents is 1. The lowest BCUT2D eigenvalue weighted by Gasteiger charge is -2.17. The van der Waals surface area contributed by atoms with E-state index >= 15 is 0 Å². The minimum atomic E-state index is -0.382. The number of anilines is 2. The third-order valence-electron chi connectivity index (χ3n) is 3.78. The van der Waals surface area contributed by atoms with Crippen molar-refractivity contribution in [2.45, 2.75) is 13.0 Å². The van der Waals surface area contributed by atoms with E-state index in [2.05, 4.69) is 22.5 Å². The molecule has 24 heavy (non-hydrogen) atoms. The Kier molecular flexibility index (Phi) is 4.56. The standard InChI is InChI=1S/C18H18N4O2/c1-13(21-14-5-3-2-4-6-14)11-20-17-7-8-18(22(23)24)16-12-19-10-9-15(16)17/h2-10,12-13,20-21H,11H2,1H3. The number of nitro groups is 1. The van der Waals surface area contributed by atoms with Crippen LogP contribution in [-0.4, -0.2) is 22.5 Å². The quantitative estimate of drug-likeness (QED) is 0.528. The van der Waals surface area contributed by atoms with Crippen molar-refractivity contribution in [3.63, 3.8) is 0 Å². The van der Waals surface area contributed by atoms with Gasteiger partial charge in [-0.15, -0.1) is 0 Å². The van der Waals surface area contributed by atoms with Crippen molar-refractivity contribution in [2.75, 3.05) is 17.2 Å². The number of hydrogen-bond acceptors (Lipinski definition) is 5. The number of nitro benzene ring substituents is 1. The fraction of sp³-hybridized carbons (Fsp3) is 0.167. The molecule has 0 spiro atoms. The third kappa shape index (κ3) is 3.43. The lowest BCUT2D eigenvalue weighted by atomic mass is 10.1. The van der Waals surface area contributed by atoms with Crippen LogP contribution in [0.3, 0.4) is 0 Å². The number of fused-ring (bicyclic) bond motifs is 1. The van der Waals surface area contributed by atoms with Gasteiger partial charge in [-0.2, -0.15) is 0 Å². The van der Waals surface area contributed by atoms with Gasteiger partial charge in [0.05, 0.1) is 10.3 Å². The summed E-state index contributed by atoms with van der Waals surface area (Å²) >= 11 is 0. The number of hydrogen-bond donors (Lipinski definition) is 2. The Labute approximate surface area is 139 Å². The van der Waals surface area contributed by atoms with Gasteiger partial charge in [-0.1, -0.05) is 18.2 Å². The van der Waals surface area contributed by atoms with Gasteiger partial charge in [-0.05, 0) is 31.2 Å². The summed E-state index contributed by atoms with van der Waals surface area (Å²) in [5, 5.41) is 19.2. The second-order valence-corrected chi connectivity index (χ2v) is 5.60. The van der Waals surface area contributed by atoms with Crippen LogP contribution >= 0.6 is 0 Å². The zero-order valence-corrected chi connectivity index (χ0v) is 13.3. The number of pyridine rings is 1. The molecule has 1 heterocycles. The molecule has 0 bridgehead atoms. The Morgan fingerprint density at radius 3 is 2.67 bits per heavy atom. The molecule has 0 amide bonds. The van der Waals surface area contributed by atoms with Crippen molar-refractivity contribution in [3.8, 4) is 0 Å². The van der Waals surface area contributed by atoms with Gasteiger partial charge in [0.25, 0.3) is 5.69 Å². The summed E-state index contributed by atoms with van der Waals surface area (Å²) in [6, 6.07) is 15.2. The summed E-state index contributed by atoms with van der Waals surface area (Å²) in [6.45, 7) is 2.76. The van der Waals surface area contributed by atoms with Gasteiger partial charge < -0.3 is 10.6 Å². The van der Waals surface area contributed by atoms with E-state index in [1.807, 2.05) is 30.3 Å². The zero-order valence-electron chi connectivity index (χ0n) is 13.3. The summed E-state index contributed by atoms with van der Waals surface area (Å²) in [4.78, 5) is 14.8. The molecular weight excluding hydrogens is 304 g/mol. The summed E-state index contributed by atoms with van der Waals surface area (Å²) < 4.78 is 0. The second-order valence-electron chi connectivity index (χ2n) is 5.60. The van der Waals surface area contributed by atoms with E-state index in [9.17, 15) is 10.1 Å². The number of nitrogens with one attached hydrogen (secondary N) is 2. The molecule has 6 nitrogen and oxygen atoms in total. The average molecular weight is 322 g/mol. The molecule has 6 heteroatoms. The molecule has 0 radical (unpaired) electrons. The number of nitrogens with zero attached hydrogens (tertiary/aromatic N) is 2. The smallest absolute Gasteiger partial charge is 0.278 e. The van der Waals surface area contributed by atoms with Crippen molar-refractivity contribution in [1.29, 1.82) is 0 Å². The first-order valence-corrected chi connectivity index (χ1v) is 7.72. The minimum Gasteiger partial charge on any atom is -0.382 e. The summed E-state index contributed by atoms with van der Waals surface area (Å²) in [5.41, 5.74) is 1.99. The fourth-order valence-electron chi connectivity index (χ4n) is 2.62. The predicted molar refractivity (Wildman–Crippen MR) is 96.4 cm³/mol. The number of benzene rings is 2. The number of rotatable bonds is 6. The molecule has 3 rings (SSSR count). The molecule has 0 saturated heterocycles. The van der Waals surface area contributed by atoms with Crippen LogP contribution in [0.5, 0.6) is 0 Å². The highest BCUT2D eigenvalue weighted by Gasteiger charge is 2.14. The number of aromatic nitrogens is 1. The maximum atomic E-state index is 11.1. The van der Waals surface area contributed by atoms with Crippen LogP contribution in [0.4, 0.5) is 17.1 Å². The van der Waals surface area contributed by atoms with Gasteiger partial charge in [0, 0.05) is 47.8 Å². The molecule has 2 N–H and O–H groups in total. The molecular formula is C18H18N4O2. The van der Waals surface area contributed by atoms with Crippen molar-refractivity contribution < 1.29 is 4.92 Å². The molecule has 0 aliphatic heterocycles. The van der Waals surface area contributed by atoms with Crippen LogP contribution in [0.25, 0.3) is 10.8 Å². The van der Waals surface area contributed by atoms with E-state index in [-0.39, 0.29) is 16.7 Å². The molecule has 0 saturated carbocycles. The monoisotopic (exact) mass is 322 g/mol. The summed E-state index contributed by atoms with van der Waals surface area (Å²) in [6.07, 6.45) is 3.17. The molecule has 0 aliphatic carbocycles. The van der Waals surface area contributed by atoms with Gasteiger partial charge in [0.1, 0.15) is 0 Å². The van der Waals surface area contributed by atoms with Crippen molar-refractivity contribution in [3.05, 3.63) is 71.0 Å². The second kappa shape index (κ2) is 6.95. The normalized spacial score (nSPS) is 11.9. The molecule has 1 aromatic heterocycles. The minimum absolute atomic E-state index is 0.0686. The van der Waals surface area contributed by atoms with E-state index in [0.717, 1.165) is 16.8 Å². The summed E-state index contributed by atoms with van der Waals surface area (Å²) in [5.74, 6) is 0. The van der Waals surface area contributed by atoms with E-state index in [1.165, 1.54) is 12.3 Å². The highest BCUT2D eigenvalue weighted by molar-refractivity contribution is 5.99. The Morgan fingerprint density at radius 2 is 1.92 bits per heavy atom. The van der Waals surface area contributed by atoms with Crippen molar-refractivity contribution >= 4 is 27.8 Å². The maximum Gasteiger partial charge on any atom is 0.278 e. The summed E-state index contributed by atoms with van der Waals surface area (Å²) in [7, 11) is 0. The van der Waals surface area contributed by atoms with E-state index in [4.69, 9.17) is 0 Å². The Hall–Kier alpha value is -3.15. The first-order valence-electron chi connectivity index (χ1n) is 7.72. The molecule has 0 aliphatic rings. The van der Waals surface area contributed by atoms with Gasteiger partial charge >= 0.3 is 0 Å². The SMILES string of the molecule is CC(CNc1ccc([N+](=O)[O-])c2cnccc12)Nc1ccccc1. The molecule has 122 valence electrons. The largest absolute Gasteiger partial charge is 0.382 e. The van der Waals surface area contributed by atoms with Crippen LogP contribution in [-0.2, 0) is 0 Å². The van der Waals surface area contributed by atoms with Crippen LogP contribution < -0.4 is 10.6 Å². The molecule has 3 aromatic rings. The first-order chi connectivity index (χ1) is 11.6. The van der Waals surface area contributed by atoms with Crippen LogP contribution in [0.2, 0.25) is 0 Å². The van der Waals surface area contributed by atoms with Crippen molar-refractivity contribution in [1.82, 2.24) is 4.98 Å². The van der Waals surface area contributed by atoms with Crippen LogP contribution in [0, 0.1) is 10.1 Å².